The van der Waals surface area contributed by atoms with Crippen molar-refractivity contribution in [3.05, 3.63) is 48.0 Å². The van der Waals surface area contributed by atoms with Crippen LogP contribution in [0.5, 0.6) is 0 Å². The summed E-state index contributed by atoms with van der Waals surface area (Å²) in [5.74, 6) is 1.73. The quantitative estimate of drug-likeness (QED) is 0.874. The Balaban J connectivity index is 1.87. The third kappa shape index (κ3) is 3.36. The molecule has 1 atom stereocenters. The number of nitrogens with one attached hydrogen (secondary N) is 1. The summed E-state index contributed by atoms with van der Waals surface area (Å²) >= 11 is 0. The third-order valence-electron chi connectivity index (χ3n) is 2.69. The summed E-state index contributed by atoms with van der Waals surface area (Å²) in [5, 5.41) is 12.1. The highest BCUT2D eigenvalue weighted by Gasteiger charge is 2.05. The second kappa shape index (κ2) is 5.87. The van der Waals surface area contributed by atoms with Crippen molar-refractivity contribution in [1.82, 2.24) is 4.98 Å². The van der Waals surface area contributed by atoms with Crippen LogP contribution in [0, 0.1) is 11.3 Å². The Labute approximate surface area is 106 Å². The van der Waals surface area contributed by atoms with Gasteiger partial charge in [-0.15, -0.1) is 0 Å². The van der Waals surface area contributed by atoms with Gasteiger partial charge in [-0.1, -0.05) is 0 Å². The van der Waals surface area contributed by atoms with Gasteiger partial charge in [-0.2, -0.15) is 5.26 Å². The number of nitriles is 1. The maximum absolute atomic E-state index is 8.81. The predicted octanol–water partition coefficient (Wildman–Crippen LogP) is 2.98. The van der Waals surface area contributed by atoms with E-state index in [1.54, 1.807) is 24.6 Å². The Morgan fingerprint density at radius 3 is 3.11 bits per heavy atom. The average Bonchev–Trinajstić information content (AvgIpc) is 2.90. The van der Waals surface area contributed by atoms with Gasteiger partial charge in [0.05, 0.1) is 17.9 Å². The first kappa shape index (κ1) is 12.2. The number of furan rings is 1. The second-order valence-corrected chi connectivity index (χ2v) is 4.20. The van der Waals surface area contributed by atoms with Gasteiger partial charge in [0.15, 0.2) is 0 Å². The molecule has 0 aliphatic carbocycles. The zero-order chi connectivity index (χ0) is 12.8. The fraction of sp³-hybridized carbons (Fsp3) is 0.286. The lowest BCUT2D eigenvalue weighted by Gasteiger charge is -2.13. The molecule has 2 aromatic rings. The summed E-state index contributed by atoms with van der Waals surface area (Å²) in [6, 6.07) is 9.69. The van der Waals surface area contributed by atoms with Crippen LogP contribution < -0.4 is 5.32 Å². The minimum atomic E-state index is 0.275. The Morgan fingerprint density at radius 1 is 1.50 bits per heavy atom. The van der Waals surface area contributed by atoms with Crippen molar-refractivity contribution < 1.29 is 4.42 Å². The third-order valence-corrected chi connectivity index (χ3v) is 2.69. The van der Waals surface area contributed by atoms with Gasteiger partial charge in [0.2, 0.25) is 0 Å². The smallest absolute Gasteiger partial charge is 0.127 e. The summed E-state index contributed by atoms with van der Waals surface area (Å²) in [6.45, 7) is 2.09. The molecular formula is C14H15N3O. The molecule has 0 fully saturated rings. The summed E-state index contributed by atoms with van der Waals surface area (Å²) < 4.78 is 5.28. The van der Waals surface area contributed by atoms with Crippen LogP contribution in [0.4, 0.5) is 5.82 Å². The van der Waals surface area contributed by atoms with Crippen molar-refractivity contribution in [3.8, 4) is 6.07 Å². The van der Waals surface area contributed by atoms with Crippen LogP contribution in [0.2, 0.25) is 0 Å². The first-order chi connectivity index (χ1) is 8.78. The van der Waals surface area contributed by atoms with E-state index in [0.29, 0.717) is 5.56 Å². The van der Waals surface area contributed by atoms with Gasteiger partial charge >= 0.3 is 0 Å². The van der Waals surface area contributed by atoms with Crippen LogP contribution in [0.25, 0.3) is 0 Å². The van der Waals surface area contributed by atoms with E-state index in [-0.39, 0.29) is 6.04 Å². The first-order valence-electron chi connectivity index (χ1n) is 5.93. The van der Waals surface area contributed by atoms with E-state index in [1.165, 1.54) is 0 Å². The molecule has 4 nitrogen and oxygen atoms in total. The second-order valence-electron chi connectivity index (χ2n) is 4.20. The molecule has 1 unspecified atom stereocenters. The topological polar surface area (TPSA) is 61.9 Å². The van der Waals surface area contributed by atoms with E-state index in [4.69, 9.17) is 9.68 Å². The monoisotopic (exact) mass is 241 g/mol. The van der Waals surface area contributed by atoms with E-state index in [1.807, 2.05) is 12.1 Å². The minimum Gasteiger partial charge on any atom is -0.469 e. The Hall–Kier alpha value is -2.28. The van der Waals surface area contributed by atoms with Crippen molar-refractivity contribution in [2.24, 2.45) is 0 Å². The van der Waals surface area contributed by atoms with E-state index in [0.717, 1.165) is 24.4 Å². The molecule has 1 N–H and O–H groups in total. The van der Waals surface area contributed by atoms with Gasteiger partial charge in [-0.25, -0.2) is 4.98 Å². The van der Waals surface area contributed by atoms with Gasteiger partial charge in [0, 0.05) is 18.7 Å². The molecule has 0 spiro atoms. The van der Waals surface area contributed by atoms with Crippen molar-refractivity contribution in [2.75, 3.05) is 5.32 Å². The number of hydrogen-bond donors (Lipinski definition) is 1. The molecule has 0 aromatic carbocycles. The fourth-order valence-corrected chi connectivity index (χ4v) is 1.72. The molecule has 0 aliphatic heterocycles. The molecular weight excluding hydrogens is 226 g/mol. The molecule has 2 rings (SSSR count). The summed E-state index contributed by atoms with van der Waals surface area (Å²) in [5.41, 5.74) is 0.616. The minimum absolute atomic E-state index is 0.275. The van der Waals surface area contributed by atoms with Crippen molar-refractivity contribution in [1.29, 1.82) is 5.26 Å². The zero-order valence-corrected chi connectivity index (χ0v) is 10.3. The Bertz CT molecular complexity index is 528. The Kier molecular flexibility index (Phi) is 3.98. The highest BCUT2D eigenvalue weighted by Crippen LogP contribution is 2.11. The molecule has 0 saturated heterocycles. The lowest BCUT2D eigenvalue weighted by atomic mass is 10.1. The van der Waals surface area contributed by atoms with Crippen LogP contribution in [0.3, 0.4) is 0 Å². The lowest BCUT2D eigenvalue weighted by Crippen LogP contribution is -2.16. The van der Waals surface area contributed by atoms with Crippen molar-refractivity contribution in [2.45, 2.75) is 25.8 Å². The largest absolute Gasteiger partial charge is 0.469 e. The van der Waals surface area contributed by atoms with Crippen LogP contribution in [0.1, 0.15) is 24.7 Å². The maximum atomic E-state index is 8.81. The standard InChI is InChI=1S/C14H15N3O/c1-11(4-5-13-3-2-8-18-13)17-14-9-12(10-15)6-7-16-14/h2-3,6-9,11H,4-5H2,1H3,(H,16,17). The van der Waals surface area contributed by atoms with E-state index >= 15 is 0 Å². The van der Waals surface area contributed by atoms with Crippen LogP contribution in [-0.4, -0.2) is 11.0 Å². The summed E-state index contributed by atoms with van der Waals surface area (Å²) in [6.07, 6.45) is 5.16. The van der Waals surface area contributed by atoms with E-state index in [2.05, 4.69) is 23.3 Å². The van der Waals surface area contributed by atoms with Gasteiger partial charge in [0.1, 0.15) is 11.6 Å². The molecule has 0 saturated carbocycles. The van der Waals surface area contributed by atoms with Crippen LogP contribution in [-0.2, 0) is 6.42 Å². The van der Waals surface area contributed by atoms with Crippen LogP contribution >= 0.6 is 0 Å². The molecule has 92 valence electrons. The van der Waals surface area contributed by atoms with E-state index < -0.39 is 0 Å². The van der Waals surface area contributed by atoms with Crippen molar-refractivity contribution >= 4 is 5.82 Å². The SMILES string of the molecule is CC(CCc1ccco1)Nc1cc(C#N)ccn1. The molecule has 2 aromatic heterocycles. The summed E-state index contributed by atoms with van der Waals surface area (Å²) in [4.78, 5) is 4.19. The fourth-order valence-electron chi connectivity index (χ4n) is 1.72. The number of anilines is 1. The first-order valence-corrected chi connectivity index (χ1v) is 5.93. The number of pyridine rings is 1. The number of nitrogens with zero attached hydrogens (tertiary/aromatic N) is 2. The maximum Gasteiger partial charge on any atom is 0.127 e. The van der Waals surface area contributed by atoms with E-state index in [9.17, 15) is 0 Å². The molecule has 4 heteroatoms. The number of aromatic nitrogens is 1. The molecule has 18 heavy (non-hydrogen) atoms. The average molecular weight is 241 g/mol. The number of rotatable bonds is 5. The van der Waals surface area contributed by atoms with Gasteiger partial charge < -0.3 is 9.73 Å². The van der Waals surface area contributed by atoms with Crippen molar-refractivity contribution in [3.63, 3.8) is 0 Å². The number of aryl methyl sites for hydroxylation is 1. The highest BCUT2D eigenvalue weighted by molar-refractivity contribution is 5.42. The van der Waals surface area contributed by atoms with Gasteiger partial charge in [-0.3, -0.25) is 0 Å². The highest BCUT2D eigenvalue weighted by atomic mass is 16.3. The van der Waals surface area contributed by atoms with Gasteiger partial charge in [-0.05, 0) is 37.6 Å². The molecule has 0 bridgehead atoms. The summed E-state index contributed by atoms with van der Waals surface area (Å²) in [7, 11) is 0. The molecule has 0 radical (unpaired) electrons. The lowest BCUT2D eigenvalue weighted by molar-refractivity contribution is 0.495. The predicted molar refractivity (Wildman–Crippen MR) is 69.1 cm³/mol. The normalized spacial score (nSPS) is 11.8. The molecule has 2 heterocycles. The number of hydrogen-bond acceptors (Lipinski definition) is 4. The van der Waals surface area contributed by atoms with Crippen LogP contribution in [0.15, 0.2) is 41.1 Å². The Morgan fingerprint density at radius 2 is 2.39 bits per heavy atom. The van der Waals surface area contributed by atoms with Gasteiger partial charge in [0.25, 0.3) is 0 Å². The zero-order valence-electron chi connectivity index (χ0n) is 10.3. The molecule has 0 amide bonds. The molecule has 0 aliphatic rings.